The zero-order valence-electron chi connectivity index (χ0n) is 14.0. The van der Waals surface area contributed by atoms with E-state index in [1.54, 1.807) is 25.3 Å². The van der Waals surface area contributed by atoms with Crippen molar-refractivity contribution in [3.8, 4) is 5.75 Å². The predicted molar refractivity (Wildman–Crippen MR) is 96.7 cm³/mol. The summed E-state index contributed by atoms with van der Waals surface area (Å²) in [5.41, 5.74) is 0.667. The second kappa shape index (κ2) is 7.48. The number of nitrogens with one attached hydrogen (secondary N) is 2. The third kappa shape index (κ3) is 4.58. The molecule has 0 aromatic heterocycles. The number of amides is 2. The van der Waals surface area contributed by atoms with E-state index in [-0.39, 0.29) is 11.8 Å². The highest BCUT2D eigenvalue weighted by Crippen LogP contribution is 2.26. The summed E-state index contributed by atoms with van der Waals surface area (Å²) in [6, 6.07) is 5.33. The maximum absolute atomic E-state index is 12.2. The maximum atomic E-state index is 12.2. The molecule has 128 valence electrons. The Hall–Kier alpha value is -2.35. The van der Waals surface area contributed by atoms with Gasteiger partial charge in [-0.2, -0.15) is 5.10 Å². The lowest BCUT2D eigenvalue weighted by atomic mass is 9.95. The third-order valence-corrected chi connectivity index (χ3v) is 4.00. The van der Waals surface area contributed by atoms with Crippen LogP contribution in [0.2, 0.25) is 0 Å². The topological polar surface area (TPSA) is 92.2 Å². The van der Waals surface area contributed by atoms with Gasteiger partial charge < -0.3 is 15.4 Å². The van der Waals surface area contributed by atoms with Crippen LogP contribution in [-0.2, 0) is 9.59 Å². The zero-order valence-corrected chi connectivity index (χ0v) is 14.9. The van der Waals surface area contributed by atoms with E-state index in [2.05, 4.69) is 20.8 Å². The van der Waals surface area contributed by atoms with Crippen molar-refractivity contribution < 1.29 is 14.3 Å². The van der Waals surface area contributed by atoms with E-state index >= 15 is 0 Å². The third-order valence-electron chi connectivity index (χ3n) is 3.14. The summed E-state index contributed by atoms with van der Waals surface area (Å²) < 4.78 is 5.33. The summed E-state index contributed by atoms with van der Waals surface area (Å²) in [6.45, 7) is 5.51. The molecule has 1 aromatic carbocycles. The number of methoxy groups -OCH3 is 1. The number of carbonyl (C=O) groups is 2. The quantitative estimate of drug-likeness (QED) is 0.645. The molecule has 1 saturated heterocycles. The number of benzene rings is 1. The molecule has 1 heterocycles. The standard InChI is InChI=1S/C16H20N4O3S/c1-16(2,3)14(22)18-11-6-5-7-12(23-4)10(11)8-17-20-15-19-13(21)9-24-15/h5-8H,9H2,1-4H3,(H,18,22)(H,19,20,21). The van der Waals surface area contributed by atoms with Crippen molar-refractivity contribution in [1.29, 1.82) is 0 Å². The van der Waals surface area contributed by atoms with Crippen LogP contribution in [0.3, 0.4) is 0 Å². The Morgan fingerprint density at radius 2 is 2.17 bits per heavy atom. The van der Waals surface area contributed by atoms with Crippen LogP contribution in [0.5, 0.6) is 5.75 Å². The Bertz CT molecular complexity index is 708. The SMILES string of the molecule is COc1cccc(NC(=O)C(C)(C)C)c1C=NN=C1NC(=O)CS1. The second-order valence-corrected chi connectivity index (χ2v) is 7.08. The minimum atomic E-state index is -0.525. The fourth-order valence-corrected chi connectivity index (χ4v) is 2.42. The Morgan fingerprint density at radius 3 is 2.75 bits per heavy atom. The molecular weight excluding hydrogens is 328 g/mol. The van der Waals surface area contributed by atoms with Crippen molar-refractivity contribution in [2.45, 2.75) is 20.8 Å². The van der Waals surface area contributed by atoms with Crippen LogP contribution >= 0.6 is 11.8 Å². The molecule has 2 amide bonds. The number of anilines is 1. The van der Waals surface area contributed by atoms with Crippen molar-refractivity contribution >= 4 is 40.6 Å². The molecule has 0 bridgehead atoms. The van der Waals surface area contributed by atoms with Crippen molar-refractivity contribution in [2.24, 2.45) is 15.6 Å². The smallest absolute Gasteiger partial charge is 0.236 e. The number of thioether (sulfide) groups is 1. The number of nitrogens with zero attached hydrogens (tertiary/aromatic N) is 2. The Morgan fingerprint density at radius 1 is 1.42 bits per heavy atom. The molecule has 0 aliphatic carbocycles. The first-order valence-electron chi connectivity index (χ1n) is 7.33. The van der Waals surface area contributed by atoms with E-state index in [1.807, 2.05) is 20.8 Å². The molecule has 0 unspecified atom stereocenters. The van der Waals surface area contributed by atoms with Crippen LogP contribution in [0.15, 0.2) is 28.4 Å². The molecule has 1 aromatic rings. The average molecular weight is 348 g/mol. The minimum Gasteiger partial charge on any atom is -0.496 e. The van der Waals surface area contributed by atoms with E-state index in [4.69, 9.17) is 4.74 Å². The van der Waals surface area contributed by atoms with Crippen molar-refractivity contribution in [2.75, 3.05) is 18.2 Å². The molecule has 8 heteroatoms. The van der Waals surface area contributed by atoms with Gasteiger partial charge in [0.1, 0.15) is 5.75 Å². The Kier molecular flexibility index (Phi) is 5.61. The summed E-state index contributed by atoms with van der Waals surface area (Å²) in [7, 11) is 1.54. The zero-order chi connectivity index (χ0) is 17.7. The Balaban J connectivity index is 2.26. The molecule has 1 aliphatic heterocycles. The number of rotatable bonds is 4. The van der Waals surface area contributed by atoms with Gasteiger partial charge in [-0.25, -0.2) is 0 Å². The fraction of sp³-hybridized carbons (Fsp3) is 0.375. The van der Waals surface area contributed by atoms with Crippen molar-refractivity contribution in [3.05, 3.63) is 23.8 Å². The van der Waals surface area contributed by atoms with Gasteiger partial charge >= 0.3 is 0 Å². The molecule has 1 aliphatic rings. The van der Waals surface area contributed by atoms with E-state index in [9.17, 15) is 9.59 Å². The lowest BCUT2D eigenvalue weighted by molar-refractivity contribution is -0.123. The van der Waals surface area contributed by atoms with Gasteiger partial charge in [0.05, 0.1) is 30.3 Å². The lowest BCUT2D eigenvalue weighted by Crippen LogP contribution is -2.28. The summed E-state index contributed by atoms with van der Waals surface area (Å²) in [5.74, 6) is 0.698. The average Bonchev–Trinajstić information content (AvgIpc) is 2.93. The number of ether oxygens (including phenoxy) is 1. The van der Waals surface area contributed by atoms with Crippen molar-refractivity contribution in [1.82, 2.24) is 5.32 Å². The Labute approximate surface area is 144 Å². The van der Waals surface area contributed by atoms with Gasteiger partial charge in [0, 0.05) is 5.41 Å². The van der Waals surface area contributed by atoms with Crippen LogP contribution in [0.25, 0.3) is 0 Å². The highest BCUT2D eigenvalue weighted by molar-refractivity contribution is 8.15. The van der Waals surface area contributed by atoms with Gasteiger partial charge in [0.2, 0.25) is 11.8 Å². The normalized spacial score (nSPS) is 16.5. The fourth-order valence-electron chi connectivity index (χ4n) is 1.79. The maximum Gasteiger partial charge on any atom is 0.236 e. The van der Waals surface area contributed by atoms with Gasteiger partial charge in [-0.1, -0.05) is 38.6 Å². The number of amidine groups is 1. The first-order chi connectivity index (χ1) is 11.3. The van der Waals surface area contributed by atoms with Crippen molar-refractivity contribution in [3.63, 3.8) is 0 Å². The highest BCUT2D eigenvalue weighted by atomic mass is 32.2. The molecule has 7 nitrogen and oxygen atoms in total. The highest BCUT2D eigenvalue weighted by Gasteiger charge is 2.22. The second-order valence-electron chi connectivity index (χ2n) is 6.11. The molecule has 2 N–H and O–H groups in total. The van der Waals surface area contributed by atoms with Gasteiger partial charge in [0.15, 0.2) is 5.17 Å². The van der Waals surface area contributed by atoms with E-state index in [1.165, 1.54) is 18.0 Å². The molecule has 0 atom stereocenters. The number of hydrogen-bond acceptors (Lipinski definition) is 6. The lowest BCUT2D eigenvalue weighted by Gasteiger charge is -2.19. The van der Waals surface area contributed by atoms with Crippen LogP contribution in [0.4, 0.5) is 5.69 Å². The van der Waals surface area contributed by atoms with E-state index < -0.39 is 5.41 Å². The monoisotopic (exact) mass is 348 g/mol. The molecule has 0 spiro atoms. The largest absolute Gasteiger partial charge is 0.496 e. The first kappa shape index (κ1) is 18.0. The molecule has 0 radical (unpaired) electrons. The minimum absolute atomic E-state index is 0.0932. The first-order valence-corrected chi connectivity index (χ1v) is 8.32. The van der Waals surface area contributed by atoms with E-state index in [0.717, 1.165) is 0 Å². The summed E-state index contributed by atoms with van der Waals surface area (Å²) in [6.07, 6.45) is 1.50. The predicted octanol–water partition coefficient (Wildman–Crippen LogP) is 2.23. The van der Waals surface area contributed by atoms with Gasteiger partial charge in [0.25, 0.3) is 0 Å². The van der Waals surface area contributed by atoms with Crippen LogP contribution in [-0.4, -0.2) is 36.1 Å². The number of hydrogen-bond donors (Lipinski definition) is 2. The molecular formula is C16H20N4O3S. The van der Waals surface area contributed by atoms with Gasteiger partial charge in [-0.3, -0.25) is 9.59 Å². The molecule has 24 heavy (non-hydrogen) atoms. The summed E-state index contributed by atoms with van der Waals surface area (Å²) in [5, 5.41) is 13.9. The van der Waals surface area contributed by atoms with Gasteiger partial charge in [-0.15, -0.1) is 5.10 Å². The van der Waals surface area contributed by atoms with Gasteiger partial charge in [-0.05, 0) is 12.1 Å². The van der Waals surface area contributed by atoms with E-state index in [0.29, 0.717) is 27.9 Å². The van der Waals surface area contributed by atoms with Crippen LogP contribution in [0, 0.1) is 5.41 Å². The summed E-state index contributed by atoms with van der Waals surface area (Å²) >= 11 is 1.29. The van der Waals surface area contributed by atoms with Crippen LogP contribution in [0.1, 0.15) is 26.3 Å². The molecule has 0 saturated carbocycles. The summed E-state index contributed by atoms with van der Waals surface area (Å²) in [4.78, 5) is 23.4. The number of carbonyl (C=O) groups excluding carboxylic acids is 2. The molecule has 2 rings (SSSR count). The van der Waals surface area contributed by atoms with Crippen LogP contribution < -0.4 is 15.4 Å². The molecule has 1 fully saturated rings.